The summed E-state index contributed by atoms with van der Waals surface area (Å²) < 4.78 is 0. The number of alkyl halides is 1. The molecule has 2 nitrogen and oxygen atoms in total. The Morgan fingerprint density at radius 2 is 2.12 bits per heavy atom. The maximum absolute atomic E-state index is 6.20. The van der Waals surface area contributed by atoms with E-state index in [0.29, 0.717) is 11.9 Å². The quantitative estimate of drug-likeness (QED) is 0.763. The largest absolute Gasteiger partial charge is 0.366 e. The number of halogens is 2. The highest BCUT2D eigenvalue weighted by Gasteiger charge is 2.21. The van der Waals surface area contributed by atoms with Crippen LogP contribution in [0.2, 0.25) is 5.02 Å². The van der Waals surface area contributed by atoms with Crippen LogP contribution in [0.25, 0.3) is 0 Å². The summed E-state index contributed by atoms with van der Waals surface area (Å²) in [5.41, 5.74) is 2.20. The lowest BCUT2D eigenvalue weighted by molar-refractivity contribution is 0.275. The molecule has 0 aliphatic carbocycles. The number of rotatable bonds is 2. The van der Waals surface area contributed by atoms with Gasteiger partial charge < -0.3 is 9.80 Å². The van der Waals surface area contributed by atoms with E-state index in [4.69, 9.17) is 23.2 Å². The lowest BCUT2D eigenvalue weighted by Gasteiger charge is -2.40. The molecule has 0 bridgehead atoms. The van der Waals surface area contributed by atoms with Gasteiger partial charge in [0, 0.05) is 42.3 Å². The number of benzene rings is 1. The fourth-order valence-corrected chi connectivity index (χ4v) is 2.89. The maximum atomic E-state index is 6.20. The van der Waals surface area contributed by atoms with Gasteiger partial charge in [0.25, 0.3) is 0 Å². The number of piperazine rings is 1. The van der Waals surface area contributed by atoms with Crippen LogP contribution < -0.4 is 4.90 Å². The highest BCUT2D eigenvalue weighted by molar-refractivity contribution is 6.32. The van der Waals surface area contributed by atoms with Crippen molar-refractivity contribution in [2.24, 2.45) is 0 Å². The summed E-state index contributed by atoms with van der Waals surface area (Å²) in [4.78, 5) is 4.76. The first-order valence-electron chi connectivity index (χ1n) is 5.91. The minimum absolute atomic E-state index is 0.470. The number of nitrogens with zero attached hydrogens (tertiary/aromatic N) is 2. The summed E-state index contributed by atoms with van der Waals surface area (Å²) >= 11 is 12.0. The van der Waals surface area contributed by atoms with Gasteiger partial charge in [0.1, 0.15) is 0 Å². The maximum Gasteiger partial charge on any atom is 0.0488 e. The van der Waals surface area contributed by atoms with Crippen LogP contribution >= 0.6 is 23.2 Å². The molecular weight excluding hydrogens is 255 g/mol. The molecule has 1 atom stereocenters. The van der Waals surface area contributed by atoms with Gasteiger partial charge >= 0.3 is 0 Å². The first kappa shape index (κ1) is 13.0. The van der Waals surface area contributed by atoms with Crippen molar-refractivity contribution in [2.45, 2.75) is 18.8 Å². The average Bonchev–Trinajstić information content (AvgIpc) is 2.29. The molecule has 17 heavy (non-hydrogen) atoms. The molecular formula is C13H18Cl2N2. The van der Waals surface area contributed by atoms with Crippen molar-refractivity contribution in [3.63, 3.8) is 0 Å². The zero-order chi connectivity index (χ0) is 12.4. The predicted octanol–water partition coefficient (Wildman–Crippen LogP) is 3.22. The van der Waals surface area contributed by atoms with E-state index in [1.165, 1.54) is 5.69 Å². The molecule has 1 aromatic carbocycles. The third-order valence-corrected chi connectivity index (χ3v) is 3.98. The molecule has 0 N–H and O–H groups in total. The van der Waals surface area contributed by atoms with E-state index >= 15 is 0 Å². The second kappa shape index (κ2) is 5.47. The number of likely N-dealkylation sites (N-methyl/N-ethyl adjacent to an activating group) is 1. The van der Waals surface area contributed by atoms with Crippen LogP contribution in [-0.2, 0) is 5.88 Å². The van der Waals surface area contributed by atoms with Crippen molar-refractivity contribution in [2.75, 3.05) is 31.6 Å². The first-order valence-corrected chi connectivity index (χ1v) is 6.82. The van der Waals surface area contributed by atoms with E-state index in [-0.39, 0.29) is 0 Å². The van der Waals surface area contributed by atoms with Crippen LogP contribution in [0.15, 0.2) is 18.2 Å². The molecule has 2 rings (SSSR count). The molecule has 0 saturated carbocycles. The Bertz CT molecular complexity index is 395. The second-order valence-electron chi connectivity index (χ2n) is 4.71. The molecule has 0 radical (unpaired) electrons. The van der Waals surface area contributed by atoms with Crippen molar-refractivity contribution in [1.82, 2.24) is 4.90 Å². The Morgan fingerprint density at radius 1 is 1.35 bits per heavy atom. The Hall–Kier alpha value is -0.440. The van der Waals surface area contributed by atoms with Crippen molar-refractivity contribution >= 4 is 28.9 Å². The molecule has 0 aromatic heterocycles. The lowest BCUT2D eigenvalue weighted by atomic mass is 10.1. The zero-order valence-electron chi connectivity index (χ0n) is 10.3. The molecule has 94 valence electrons. The predicted molar refractivity (Wildman–Crippen MR) is 75.3 cm³/mol. The SMILES string of the molecule is CC1CN(C)CCN1c1ccc(CCl)c(Cl)c1. The molecule has 1 heterocycles. The van der Waals surface area contributed by atoms with Gasteiger partial charge in [0.05, 0.1) is 0 Å². The smallest absolute Gasteiger partial charge is 0.0488 e. The van der Waals surface area contributed by atoms with Gasteiger partial charge in [-0.3, -0.25) is 0 Å². The Balaban J connectivity index is 2.19. The summed E-state index contributed by atoms with van der Waals surface area (Å²) in [5.74, 6) is 0.470. The number of hydrogen-bond donors (Lipinski definition) is 0. The van der Waals surface area contributed by atoms with Gasteiger partial charge in [-0.25, -0.2) is 0 Å². The van der Waals surface area contributed by atoms with Crippen molar-refractivity contribution < 1.29 is 0 Å². The van der Waals surface area contributed by atoms with Gasteiger partial charge in [-0.05, 0) is 31.7 Å². The van der Waals surface area contributed by atoms with E-state index in [0.717, 1.165) is 30.2 Å². The summed E-state index contributed by atoms with van der Waals surface area (Å²) in [5, 5.41) is 0.767. The molecule has 1 aromatic rings. The standard InChI is InChI=1S/C13H18Cl2N2/c1-10-9-16(2)5-6-17(10)12-4-3-11(8-14)13(15)7-12/h3-4,7,10H,5-6,8-9H2,1-2H3. The first-order chi connectivity index (χ1) is 8.11. The minimum Gasteiger partial charge on any atom is -0.366 e. The fraction of sp³-hybridized carbons (Fsp3) is 0.538. The van der Waals surface area contributed by atoms with Gasteiger partial charge in [-0.15, -0.1) is 11.6 Å². The molecule has 0 amide bonds. The van der Waals surface area contributed by atoms with Gasteiger partial charge in [-0.2, -0.15) is 0 Å². The third kappa shape index (κ3) is 2.87. The summed E-state index contributed by atoms with van der Waals surface area (Å²) in [6, 6.07) is 6.69. The van der Waals surface area contributed by atoms with Gasteiger partial charge in [0.15, 0.2) is 0 Å². The van der Waals surface area contributed by atoms with Crippen LogP contribution in [0, 0.1) is 0 Å². The summed E-state index contributed by atoms with van der Waals surface area (Å²) in [6.45, 7) is 5.49. The molecule has 1 aliphatic heterocycles. The van der Waals surface area contributed by atoms with E-state index in [2.05, 4.69) is 29.8 Å². The molecule has 1 unspecified atom stereocenters. The summed E-state index contributed by atoms with van der Waals surface area (Å²) in [6.07, 6.45) is 0. The van der Waals surface area contributed by atoms with Crippen LogP contribution in [0.3, 0.4) is 0 Å². The molecule has 1 fully saturated rings. The molecule has 4 heteroatoms. The van der Waals surface area contributed by atoms with Crippen molar-refractivity contribution in [1.29, 1.82) is 0 Å². The topological polar surface area (TPSA) is 6.48 Å². The third-order valence-electron chi connectivity index (χ3n) is 3.34. The Kier molecular flexibility index (Phi) is 4.18. The van der Waals surface area contributed by atoms with E-state index in [9.17, 15) is 0 Å². The Morgan fingerprint density at radius 3 is 2.71 bits per heavy atom. The minimum atomic E-state index is 0.470. The van der Waals surface area contributed by atoms with Crippen molar-refractivity contribution in [3.05, 3.63) is 28.8 Å². The van der Waals surface area contributed by atoms with E-state index < -0.39 is 0 Å². The summed E-state index contributed by atoms with van der Waals surface area (Å²) in [7, 11) is 2.16. The highest BCUT2D eigenvalue weighted by atomic mass is 35.5. The molecule has 1 aliphatic rings. The molecule has 1 saturated heterocycles. The van der Waals surface area contributed by atoms with Crippen LogP contribution in [0.5, 0.6) is 0 Å². The molecule has 0 spiro atoms. The zero-order valence-corrected chi connectivity index (χ0v) is 11.8. The van der Waals surface area contributed by atoms with Crippen LogP contribution in [-0.4, -0.2) is 37.6 Å². The monoisotopic (exact) mass is 272 g/mol. The van der Waals surface area contributed by atoms with E-state index in [1.54, 1.807) is 0 Å². The van der Waals surface area contributed by atoms with Crippen molar-refractivity contribution in [3.8, 4) is 0 Å². The normalized spacial score (nSPS) is 21.9. The Labute approximate surface area is 113 Å². The van der Waals surface area contributed by atoms with Gasteiger partial charge in [-0.1, -0.05) is 17.7 Å². The van der Waals surface area contributed by atoms with Gasteiger partial charge in [0.2, 0.25) is 0 Å². The number of anilines is 1. The van der Waals surface area contributed by atoms with Crippen LogP contribution in [0.1, 0.15) is 12.5 Å². The highest BCUT2D eigenvalue weighted by Crippen LogP contribution is 2.27. The fourth-order valence-electron chi connectivity index (χ4n) is 2.35. The van der Waals surface area contributed by atoms with Crippen LogP contribution in [0.4, 0.5) is 5.69 Å². The lowest BCUT2D eigenvalue weighted by Crippen LogP contribution is -2.50. The average molecular weight is 273 g/mol. The van der Waals surface area contributed by atoms with E-state index in [1.807, 2.05) is 12.1 Å². The number of hydrogen-bond acceptors (Lipinski definition) is 2. The second-order valence-corrected chi connectivity index (χ2v) is 5.39.